The normalized spacial score (nSPS) is 22.1. The van der Waals surface area contributed by atoms with E-state index >= 15 is 0 Å². The fourth-order valence-electron chi connectivity index (χ4n) is 2.51. The molecule has 1 aliphatic carbocycles. The first-order valence-corrected chi connectivity index (χ1v) is 7.00. The van der Waals surface area contributed by atoms with Crippen molar-refractivity contribution in [3.8, 4) is 5.75 Å². The molecule has 1 aromatic carbocycles. The van der Waals surface area contributed by atoms with E-state index in [0.717, 1.165) is 31.2 Å². The maximum absolute atomic E-state index is 12.0. The highest BCUT2D eigenvalue weighted by Gasteiger charge is 2.24. The van der Waals surface area contributed by atoms with Gasteiger partial charge in [0.25, 0.3) is 0 Å². The average Bonchev–Trinajstić information content (AvgIpc) is 2.43. The Labute approximate surface area is 119 Å². The number of nitrogens with one attached hydrogen (secondary N) is 2. The molecule has 2 rings (SSSR count). The van der Waals surface area contributed by atoms with Crippen LogP contribution >= 0.6 is 0 Å². The van der Waals surface area contributed by atoms with Crippen LogP contribution in [0.3, 0.4) is 0 Å². The maximum Gasteiger partial charge on any atom is 0.319 e. The van der Waals surface area contributed by atoms with Crippen LogP contribution in [0.2, 0.25) is 0 Å². The van der Waals surface area contributed by atoms with Crippen molar-refractivity contribution in [1.82, 2.24) is 5.32 Å². The minimum Gasteiger partial charge on any atom is -0.495 e. The SMILES string of the molecule is COc1cc(C)ccc1NC(=O)NC1CCCCC1O. The highest BCUT2D eigenvalue weighted by atomic mass is 16.5. The zero-order valence-electron chi connectivity index (χ0n) is 12.0. The Morgan fingerprint density at radius 3 is 2.80 bits per heavy atom. The molecule has 0 heterocycles. The number of aliphatic hydroxyl groups excluding tert-OH is 1. The van der Waals surface area contributed by atoms with Gasteiger partial charge >= 0.3 is 6.03 Å². The summed E-state index contributed by atoms with van der Waals surface area (Å²) in [5.41, 5.74) is 1.69. The first-order chi connectivity index (χ1) is 9.60. The minimum atomic E-state index is -0.450. The summed E-state index contributed by atoms with van der Waals surface area (Å²) in [7, 11) is 1.57. The second-order valence-corrected chi connectivity index (χ2v) is 5.26. The third-order valence-corrected chi connectivity index (χ3v) is 3.65. The van der Waals surface area contributed by atoms with Crippen molar-refractivity contribution in [2.45, 2.75) is 44.8 Å². The van der Waals surface area contributed by atoms with Gasteiger partial charge in [0.15, 0.2) is 0 Å². The first-order valence-electron chi connectivity index (χ1n) is 7.00. The molecule has 3 N–H and O–H groups in total. The lowest BCUT2D eigenvalue weighted by Gasteiger charge is -2.28. The van der Waals surface area contributed by atoms with Gasteiger partial charge in [0.05, 0.1) is 24.9 Å². The molecule has 0 aromatic heterocycles. The zero-order valence-corrected chi connectivity index (χ0v) is 12.0. The Hall–Kier alpha value is -1.75. The van der Waals surface area contributed by atoms with Crippen LogP contribution in [0.5, 0.6) is 5.75 Å². The van der Waals surface area contributed by atoms with Gasteiger partial charge in [-0.25, -0.2) is 4.79 Å². The van der Waals surface area contributed by atoms with Gasteiger partial charge < -0.3 is 20.5 Å². The Bertz CT molecular complexity index is 476. The van der Waals surface area contributed by atoms with Gasteiger partial charge in [0.2, 0.25) is 0 Å². The van der Waals surface area contributed by atoms with Gasteiger partial charge in [0.1, 0.15) is 5.75 Å². The molecule has 2 unspecified atom stereocenters. The minimum absolute atomic E-state index is 0.166. The van der Waals surface area contributed by atoms with E-state index in [9.17, 15) is 9.90 Å². The number of benzene rings is 1. The molecule has 0 radical (unpaired) electrons. The molecule has 0 spiro atoms. The predicted octanol–water partition coefficient (Wildman–Crippen LogP) is 2.43. The van der Waals surface area contributed by atoms with Gasteiger partial charge in [-0.15, -0.1) is 0 Å². The molecule has 110 valence electrons. The summed E-state index contributed by atoms with van der Waals surface area (Å²) < 4.78 is 5.25. The molecule has 2 atom stereocenters. The highest BCUT2D eigenvalue weighted by Crippen LogP contribution is 2.25. The van der Waals surface area contributed by atoms with Gasteiger partial charge in [-0.05, 0) is 37.5 Å². The molecule has 0 aliphatic heterocycles. The number of aryl methyl sites for hydroxylation is 1. The lowest BCUT2D eigenvalue weighted by atomic mass is 9.93. The van der Waals surface area contributed by atoms with Crippen molar-refractivity contribution in [3.63, 3.8) is 0 Å². The van der Waals surface area contributed by atoms with Gasteiger partial charge in [-0.2, -0.15) is 0 Å². The summed E-state index contributed by atoms with van der Waals surface area (Å²) in [6, 6.07) is 5.11. The molecule has 1 fully saturated rings. The third kappa shape index (κ3) is 3.63. The second-order valence-electron chi connectivity index (χ2n) is 5.26. The molecule has 0 bridgehead atoms. The Kier molecular flexibility index (Phi) is 4.84. The lowest BCUT2D eigenvalue weighted by molar-refractivity contribution is 0.0955. The molecular weight excluding hydrogens is 256 g/mol. The van der Waals surface area contributed by atoms with Crippen LogP contribution in [0.25, 0.3) is 0 Å². The van der Waals surface area contributed by atoms with Gasteiger partial charge in [0, 0.05) is 0 Å². The predicted molar refractivity (Wildman–Crippen MR) is 78.1 cm³/mol. The van der Waals surface area contributed by atoms with Crippen LogP contribution in [0.15, 0.2) is 18.2 Å². The average molecular weight is 278 g/mol. The number of methoxy groups -OCH3 is 1. The number of anilines is 1. The number of carbonyl (C=O) groups excluding carboxylic acids is 1. The molecule has 1 aliphatic rings. The molecule has 0 saturated heterocycles. The highest BCUT2D eigenvalue weighted by molar-refractivity contribution is 5.91. The van der Waals surface area contributed by atoms with E-state index < -0.39 is 6.10 Å². The summed E-state index contributed by atoms with van der Waals surface area (Å²) in [4.78, 5) is 12.0. The van der Waals surface area contributed by atoms with Crippen molar-refractivity contribution < 1.29 is 14.6 Å². The summed E-state index contributed by atoms with van der Waals surface area (Å²) >= 11 is 0. The number of hydrogen-bond donors (Lipinski definition) is 3. The fraction of sp³-hybridized carbons (Fsp3) is 0.533. The molecule has 2 amide bonds. The smallest absolute Gasteiger partial charge is 0.319 e. The molecule has 5 heteroatoms. The Morgan fingerprint density at radius 1 is 1.35 bits per heavy atom. The van der Waals surface area contributed by atoms with E-state index in [0.29, 0.717) is 11.4 Å². The van der Waals surface area contributed by atoms with E-state index in [4.69, 9.17) is 4.74 Å². The topological polar surface area (TPSA) is 70.6 Å². The van der Waals surface area contributed by atoms with Gasteiger partial charge in [-0.3, -0.25) is 0 Å². The van der Waals surface area contributed by atoms with E-state index in [1.165, 1.54) is 0 Å². The number of aliphatic hydroxyl groups is 1. The molecular formula is C15H22N2O3. The van der Waals surface area contributed by atoms with Crippen molar-refractivity contribution in [1.29, 1.82) is 0 Å². The Balaban J connectivity index is 1.97. The number of rotatable bonds is 3. The quantitative estimate of drug-likeness (QED) is 0.795. The van der Waals surface area contributed by atoms with Crippen LogP contribution < -0.4 is 15.4 Å². The van der Waals surface area contributed by atoms with Crippen LogP contribution in [0.4, 0.5) is 10.5 Å². The summed E-state index contributed by atoms with van der Waals surface area (Å²) in [6.45, 7) is 1.96. The fourth-order valence-corrected chi connectivity index (χ4v) is 2.51. The van der Waals surface area contributed by atoms with Gasteiger partial charge in [-0.1, -0.05) is 18.9 Å². The second kappa shape index (κ2) is 6.61. The molecule has 1 saturated carbocycles. The van der Waals surface area contributed by atoms with Crippen molar-refractivity contribution in [2.24, 2.45) is 0 Å². The van der Waals surface area contributed by atoms with E-state index in [2.05, 4.69) is 10.6 Å². The van der Waals surface area contributed by atoms with Crippen LogP contribution in [-0.2, 0) is 0 Å². The van der Waals surface area contributed by atoms with Crippen molar-refractivity contribution in [3.05, 3.63) is 23.8 Å². The number of ether oxygens (including phenoxy) is 1. The summed E-state index contributed by atoms with van der Waals surface area (Å²) in [6.07, 6.45) is 3.18. The number of hydrogen-bond acceptors (Lipinski definition) is 3. The number of urea groups is 1. The maximum atomic E-state index is 12.0. The monoisotopic (exact) mass is 278 g/mol. The van der Waals surface area contributed by atoms with Crippen LogP contribution in [0.1, 0.15) is 31.2 Å². The molecule has 20 heavy (non-hydrogen) atoms. The van der Waals surface area contributed by atoms with Crippen molar-refractivity contribution in [2.75, 3.05) is 12.4 Å². The summed E-state index contributed by atoms with van der Waals surface area (Å²) in [5.74, 6) is 0.629. The van der Waals surface area contributed by atoms with Crippen LogP contribution in [-0.4, -0.2) is 30.4 Å². The van der Waals surface area contributed by atoms with E-state index in [-0.39, 0.29) is 12.1 Å². The van der Waals surface area contributed by atoms with Crippen molar-refractivity contribution >= 4 is 11.7 Å². The Morgan fingerprint density at radius 2 is 2.10 bits per heavy atom. The largest absolute Gasteiger partial charge is 0.495 e. The lowest BCUT2D eigenvalue weighted by Crippen LogP contribution is -2.46. The third-order valence-electron chi connectivity index (χ3n) is 3.65. The van der Waals surface area contributed by atoms with E-state index in [1.54, 1.807) is 7.11 Å². The molecule has 1 aromatic rings. The summed E-state index contributed by atoms with van der Waals surface area (Å²) in [5, 5.41) is 15.5. The number of carbonyl (C=O) groups is 1. The number of amides is 2. The molecule has 5 nitrogen and oxygen atoms in total. The van der Waals surface area contributed by atoms with Crippen LogP contribution in [0, 0.1) is 6.92 Å². The van der Waals surface area contributed by atoms with E-state index in [1.807, 2.05) is 25.1 Å². The standard InChI is InChI=1S/C15H22N2O3/c1-10-7-8-12(14(9-10)20-2)17-15(19)16-11-5-3-4-6-13(11)18/h7-9,11,13,18H,3-6H2,1-2H3,(H2,16,17,19). The first kappa shape index (κ1) is 14.7. The zero-order chi connectivity index (χ0) is 14.5.